The highest BCUT2D eigenvalue weighted by Gasteiger charge is 2.16. The lowest BCUT2D eigenvalue weighted by molar-refractivity contribution is 0.0950. The van der Waals surface area contributed by atoms with Crippen LogP contribution < -0.4 is 10.6 Å². The quantitative estimate of drug-likeness (QED) is 0.789. The van der Waals surface area contributed by atoms with E-state index in [1.165, 1.54) is 12.6 Å². The topological polar surface area (TPSA) is 67.2 Å². The number of nitrogens with zero attached hydrogens (tertiary/aromatic N) is 1. The van der Waals surface area contributed by atoms with E-state index in [1.807, 2.05) is 0 Å². The Morgan fingerprint density at radius 1 is 1.75 bits per heavy atom. The largest absolute Gasteiger partial charge is 0.361 e. The maximum Gasteiger partial charge on any atom is 0.256 e. The van der Waals surface area contributed by atoms with E-state index in [2.05, 4.69) is 15.8 Å². The van der Waals surface area contributed by atoms with Crippen molar-refractivity contribution in [3.8, 4) is 0 Å². The number of carbonyl (C=O) groups is 1. The minimum absolute atomic E-state index is 0.0929. The number of rotatable bonds is 4. The zero-order valence-electron chi connectivity index (χ0n) is 9.45. The molecule has 2 N–H and O–H groups in total. The molecule has 2 heterocycles. The summed E-state index contributed by atoms with van der Waals surface area (Å²) in [5.41, 5.74) is 0.532. The maximum absolute atomic E-state index is 11.7. The molecule has 1 aliphatic heterocycles. The molecule has 1 amide bonds. The molecule has 5 heteroatoms. The SMILES string of the molecule is Cc1oncc1C(=O)NCCC1CCNC1. The van der Waals surface area contributed by atoms with Crippen LogP contribution in [0.5, 0.6) is 0 Å². The molecule has 0 saturated carbocycles. The van der Waals surface area contributed by atoms with Gasteiger partial charge >= 0.3 is 0 Å². The van der Waals surface area contributed by atoms with Gasteiger partial charge in [-0.25, -0.2) is 0 Å². The molecule has 1 aliphatic rings. The van der Waals surface area contributed by atoms with Gasteiger partial charge in [0.15, 0.2) is 0 Å². The molecule has 0 bridgehead atoms. The van der Waals surface area contributed by atoms with Gasteiger partial charge in [0.25, 0.3) is 5.91 Å². The van der Waals surface area contributed by atoms with Gasteiger partial charge in [-0.1, -0.05) is 5.16 Å². The van der Waals surface area contributed by atoms with Crippen molar-refractivity contribution in [2.75, 3.05) is 19.6 Å². The highest BCUT2D eigenvalue weighted by Crippen LogP contribution is 2.11. The lowest BCUT2D eigenvalue weighted by Gasteiger charge is -2.08. The van der Waals surface area contributed by atoms with Crippen LogP contribution in [0.1, 0.15) is 29.0 Å². The minimum atomic E-state index is -0.0929. The summed E-state index contributed by atoms with van der Waals surface area (Å²) in [7, 11) is 0. The van der Waals surface area contributed by atoms with E-state index in [-0.39, 0.29) is 5.91 Å². The van der Waals surface area contributed by atoms with E-state index in [0.29, 0.717) is 17.2 Å². The molecule has 1 fully saturated rings. The fourth-order valence-electron chi connectivity index (χ4n) is 1.96. The first-order valence-corrected chi connectivity index (χ1v) is 5.67. The van der Waals surface area contributed by atoms with E-state index >= 15 is 0 Å². The molecule has 1 unspecified atom stereocenters. The number of hydrogen-bond acceptors (Lipinski definition) is 4. The van der Waals surface area contributed by atoms with Gasteiger partial charge in [0.1, 0.15) is 11.3 Å². The van der Waals surface area contributed by atoms with E-state index in [9.17, 15) is 4.79 Å². The summed E-state index contributed by atoms with van der Waals surface area (Å²) < 4.78 is 4.84. The zero-order valence-corrected chi connectivity index (χ0v) is 9.45. The van der Waals surface area contributed by atoms with Crippen molar-refractivity contribution < 1.29 is 9.32 Å². The molecule has 0 spiro atoms. The van der Waals surface area contributed by atoms with Crippen LogP contribution in [-0.2, 0) is 0 Å². The van der Waals surface area contributed by atoms with E-state index in [4.69, 9.17) is 4.52 Å². The van der Waals surface area contributed by atoms with Crippen molar-refractivity contribution in [1.82, 2.24) is 15.8 Å². The summed E-state index contributed by atoms with van der Waals surface area (Å²) in [5.74, 6) is 1.17. The van der Waals surface area contributed by atoms with Crippen LogP contribution in [0.15, 0.2) is 10.7 Å². The normalized spacial score (nSPS) is 19.9. The summed E-state index contributed by atoms with van der Waals surface area (Å²) in [6.07, 6.45) is 3.70. The van der Waals surface area contributed by atoms with Gasteiger partial charge < -0.3 is 15.2 Å². The molecule has 1 aromatic rings. The molecule has 88 valence electrons. The Balaban J connectivity index is 1.73. The zero-order chi connectivity index (χ0) is 11.4. The molecule has 0 aromatic carbocycles. The Labute approximate surface area is 94.6 Å². The Bertz CT molecular complexity index is 356. The van der Waals surface area contributed by atoms with E-state index in [1.54, 1.807) is 6.92 Å². The van der Waals surface area contributed by atoms with Crippen molar-refractivity contribution in [3.05, 3.63) is 17.5 Å². The average Bonchev–Trinajstić information content (AvgIpc) is 2.88. The molecule has 1 aromatic heterocycles. The van der Waals surface area contributed by atoms with Gasteiger partial charge in [-0.3, -0.25) is 4.79 Å². The fraction of sp³-hybridized carbons (Fsp3) is 0.636. The molecule has 0 aliphatic carbocycles. The van der Waals surface area contributed by atoms with Gasteiger partial charge in [0.2, 0.25) is 0 Å². The van der Waals surface area contributed by atoms with Gasteiger partial charge in [-0.2, -0.15) is 0 Å². The lowest BCUT2D eigenvalue weighted by Crippen LogP contribution is -2.26. The number of amides is 1. The predicted molar refractivity (Wildman–Crippen MR) is 59.2 cm³/mol. The molecule has 1 saturated heterocycles. The minimum Gasteiger partial charge on any atom is -0.361 e. The maximum atomic E-state index is 11.7. The predicted octanol–water partition coefficient (Wildman–Crippen LogP) is 0.712. The third-order valence-corrected chi connectivity index (χ3v) is 3.00. The van der Waals surface area contributed by atoms with Crippen LogP contribution in [-0.4, -0.2) is 30.7 Å². The molecule has 1 atom stereocenters. The third-order valence-electron chi connectivity index (χ3n) is 3.00. The van der Waals surface area contributed by atoms with Crippen molar-refractivity contribution in [2.24, 2.45) is 5.92 Å². The summed E-state index contributed by atoms with van der Waals surface area (Å²) in [5, 5.41) is 9.78. The summed E-state index contributed by atoms with van der Waals surface area (Å²) in [4.78, 5) is 11.7. The molecule has 5 nitrogen and oxygen atoms in total. The standard InChI is InChI=1S/C11H17N3O2/c1-8-10(7-14-16-8)11(15)13-5-3-9-2-4-12-6-9/h7,9,12H,2-6H2,1H3,(H,13,15). The first-order chi connectivity index (χ1) is 7.77. The first-order valence-electron chi connectivity index (χ1n) is 5.67. The number of aromatic nitrogens is 1. The number of aryl methyl sites for hydroxylation is 1. The Hall–Kier alpha value is -1.36. The molecule has 0 radical (unpaired) electrons. The van der Waals surface area contributed by atoms with Crippen LogP contribution >= 0.6 is 0 Å². The van der Waals surface area contributed by atoms with Crippen molar-refractivity contribution in [2.45, 2.75) is 19.8 Å². The van der Waals surface area contributed by atoms with Gasteiger partial charge in [0, 0.05) is 6.54 Å². The molecular weight excluding hydrogens is 206 g/mol. The second kappa shape index (κ2) is 5.12. The van der Waals surface area contributed by atoms with Crippen molar-refractivity contribution in [3.63, 3.8) is 0 Å². The summed E-state index contributed by atoms with van der Waals surface area (Å²) >= 11 is 0. The Morgan fingerprint density at radius 2 is 2.62 bits per heavy atom. The monoisotopic (exact) mass is 223 g/mol. The summed E-state index contributed by atoms with van der Waals surface area (Å²) in [6, 6.07) is 0. The van der Waals surface area contributed by atoms with Crippen LogP contribution in [0.25, 0.3) is 0 Å². The van der Waals surface area contributed by atoms with Gasteiger partial charge in [0.05, 0.1) is 6.20 Å². The Morgan fingerprint density at radius 3 is 3.25 bits per heavy atom. The molecule has 2 rings (SSSR count). The van der Waals surface area contributed by atoms with Gasteiger partial charge in [-0.05, 0) is 38.8 Å². The second-order valence-electron chi connectivity index (χ2n) is 4.20. The Kier molecular flexibility index (Phi) is 3.56. The average molecular weight is 223 g/mol. The highest BCUT2D eigenvalue weighted by molar-refractivity contribution is 5.94. The number of hydrogen-bond donors (Lipinski definition) is 2. The van der Waals surface area contributed by atoms with Crippen LogP contribution in [0, 0.1) is 12.8 Å². The smallest absolute Gasteiger partial charge is 0.256 e. The molecule has 16 heavy (non-hydrogen) atoms. The highest BCUT2D eigenvalue weighted by atomic mass is 16.5. The first kappa shape index (κ1) is 11.1. The lowest BCUT2D eigenvalue weighted by atomic mass is 10.1. The summed E-state index contributed by atoms with van der Waals surface area (Å²) in [6.45, 7) is 4.63. The van der Waals surface area contributed by atoms with Crippen LogP contribution in [0.2, 0.25) is 0 Å². The van der Waals surface area contributed by atoms with Crippen molar-refractivity contribution >= 4 is 5.91 Å². The number of nitrogens with one attached hydrogen (secondary N) is 2. The van der Waals surface area contributed by atoms with Crippen LogP contribution in [0.3, 0.4) is 0 Å². The van der Waals surface area contributed by atoms with E-state index < -0.39 is 0 Å². The second-order valence-corrected chi connectivity index (χ2v) is 4.20. The van der Waals surface area contributed by atoms with Crippen LogP contribution in [0.4, 0.5) is 0 Å². The fourth-order valence-corrected chi connectivity index (χ4v) is 1.96. The molecular formula is C11H17N3O2. The van der Waals surface area contributed by atoms with Gasteiger partial charge in [-0.15, -0.1) is 0 Å². The van der Waals surface area contributed by atoms with Crippen molar-refractivity contribution in [1.29, 1.82) is 0 Å². The van der Waals surface area contributed by atoms with E-state index in [0.717, 1.165) is 26.1 Å². The number of carbonyl (C=O) groups excluding carboxylic acids is 1. The third kappa shape index (κ3) is 2.61.